The number of amides is 1. The van der Waals surface area contributed by atoms with Crippen molar-refractivity contribution in [2.45, 2.75) is 32.5 Å². The first-order valence-corrected chi connectivity index (χ1v) is 10.3. The van der Waals surface area contributed by atoms with E-state index in [0.29, 0.717) is 24.2 Å². The number of pyridine rings is 1. The number of nitrogens with zero attached hydrogens (tertiary/aromatic N) is 4. The number of carbonyl (C=O) groups is 2. The third kappa shape index (κ3) is 5.59. The highest BCUT2D eigenvalue weighted by molar-refractivity contribution is 5.94. The minimum absolute atomic E-state index is 0.147. The molecule has 0 spiro atoms. The first-order valence-electron chi connectivity index (χ1n) is 10.3. The SMILES string of the molecule is Cc1ccc(C(=O)N2CCCc3c(-c4cccnc4)nn(C)c3C2)cc1F.O=C(O)C(F)(F)F. The molecular weight excluding hydrogens is 456 g/mol. The maximum atomic E-state index is 13.9. The molecule has 7 nitrogen and oxygen atoms in total. The highest BCUT2D eigenvalue weighted by atomic mass is 19.4. The number of aromatic nitrogens is 3. The van der Waals surface area contributed by atoms with E-state index >= 15 is 0 Å². The summed E-state index contributed by atoms with van der Waals surface area (Å²) >= 11 is 0. The summed E-state index contributed by atoms with van der Waals surface area (Å²) in [7, 11) is 1.90. The van der Waals surface area contributed by atoms with Crippen LogP contribution < -0.4 is 0 Å². The van der Waals surface area contributed by atoms with Gasteiger partial charge in [0.05, 0.1) is 17.9 Å². The number of benzene rings is 1. The maximum Gasteiger partial charge on any atom is 0.490 e. The van der Waals surface area contributed by atoms with Crippen LogP contribution in [-0.2, 0) is 24.8 Å². The Hall–Kier alpha value is -3.76. The van der Waals surface area contributed by atoms with E-state index in [0.717, 1.165) is 35.4 Å². The summed E-state index contributed by atoms with van der Waals surface area (Å²) in [4.78, 5) is 27.8. The van der Waals surface area contributed by atoms with Crippen molar-refractivity contribution in [2.24, 2.45) is 7.05 Å². The summed E-state index contributed by atoms with van der Waals surface area (Å²) in [5.41, 5.74) is 5.02. The molecule has 1 aliphatic heterocycles. The summed E-state index contributed by atoms with van der Waals surface area (Å²) in [5.74, 6) is -3.26. The zero-order chi connectivity index (χ0) is 25.0. The number of rotatable bonds is 2. The Morgan fingerprint density at radius 3 is 2.47 bits per heavy atom. The maximum absolute atomic E-state index is 13.9. The Labute approximate surface area is 192 Å². The van der Waals surface area contributed by atoms with Crippen molar-refractivity contribution in [1.29, 1.82) is 0 Å². The number of hydrogen-bond donors (Lipinski definition) is 1. The van der Waals surface area contributed by atoms with Crippen molar-refractivity contribution in [2.75, 3.05) is 6.54 Å². The van der Waals surface area contributed by atoms with E-state index in [-0.39, 0.29) is 11.7 Å². The molecule has 0 radical (unpaired) electrons. The fourth-order valence-electron chi connectivity index (χ4n) is 3.59. The highest BCUT2D eigenvalue weighted by Crippen LogP contribution is 2.29. The molecule has 2 aromatic heterocycles. The molecule has 0 atom stereocenters. The Morgan fingerprint density at radius 1 is 1.18 bits per heavy atom. The second-order valence-corrected chi connectivity index (χ2v) is 7.74. The minimum Gasteiger partial charge on any atom is -0.475 e. The highest BCUT2D eigenvalue weighted by Gasteiger charge is 2.38. The second kappa shape index (κ2) is 10.0. The third-order valence-corrected chi connectivity index (χ3v) is 5.35. The molecule has 3 aromatic rings. The Morgan fingerprint density at radius 2 is 1.88 bits per heavy atom. The van der Waals surface area contributed by atoms with E-state index in [1.54, 1.807) is 30.2 Å². The molecule has 1 N–H and O–H groups in total. The summed E-state index contributed by atoms with van der Waals surface area (Å²) in [5, 5.41) is 11.8. The minimum atomic E-state index is -5.08. The first-order chi connectivity index (χ1) is 16.0. The molecule has 1 aromatic carbocycles. The standard InChI is InChI=1S/C21H21FN4O.C2HF3O2/c1-14-7-8-15(11-18(14)22)21(27)26-10-4-6-17-19(13-26)25(2)24-20(17)16-5-3-9-23-12-16;3-2(4,5)1(6)7/h3,5,7-9,11-12H,4,6,10,13H2,1-2H3;(H,6,7). The van der Waals surface area contributed by atoms with E-state index in [4.69, 9.17) is 9.90 Å². The number of hydrogen-bond acceptors (Lipinski definition) is 4. The largest absolute Gasteiger partial charge is 0.490 e. The van der Waals surface area contributed by atoms with E-state index in [2.05, 4.69) is 10.1 Å². The molecule has 0 saturated heterocycles. The molecule has 3 heterocycles. The molecular formula is C23H22F4N4O3. The van der Waals surface area contributed by atoms with E-state index in [1.165, 1.54) is 6.07 Å². The van der Waals surface area contributed by atoms with Gasteiger partial charge in [-0.25, -0.2) is 9.18 Å². The van der Waals surface area contributed by atoms with Crippen LogP contribution in [0.5, 0.6) is 0 Å². The molecule has 1 aliphatic rings. The van der Waals surface area contributed by atoms with Gasteiger partial charge in [-0.05, 0) is 49.6 Å². The monoisotopic (exact) mass is 478 g/mol. The number of carbonyl (C=O) groups excluding carboxylic acids is 1. The Kier molecular flexibility index (Phi) is 7.33. The van der Waals surface area contributed by atoms with Crippen LogP contribution in [0.2, 0.25) is 0 Å². The number of halogens is 4. The molecule has 0 fully saturated rings. The average molecular weight is 478 g/mol. The lowest BCUT2D eigenvalue weighted by molar-refractivity contribution is -0.192. The van der Waals surface area contributed by atoms with Crippen LogP contribution in [0.4, 0.5) is 17.6 Å². The van der Waals surface area contributed by atoms with E-state index in [9.17, 15) is 22.4 Å². The van der Waals surface area contributed by atoms with Crippen LogP contribution in [0, 0.1) is 12.7 Å². The average Bonchev–Trinajstić information content (AvgIpc) is 2.96. The van der Waals surface area contributed by atoms with Crippen LogP contribution in [0.25, 0.3) is 11.3 Å². The lowest BCUT2D eigenvalue weighted by atomic mass is 10.0. The smallest absolute Gasteiger partial charge is 0.475 e. The van der Waals surface area contributed by atoms with E-state index in [1.807, 2.05) is 30.1 Å². The van der Waals surface area contributed by atoms with Crippen molar-refractivity contribution in [1.82, 2.24) is 19.7 Å². The molecule has 1 amide bonds. The van der Waals surface area contributed by atoms with Crippen molar-refractivity contribution in [3.63, 3.8) is 0 Å². The fraction of sp³-hybridized carbons (Fsp3) is 0.304. The van der Waals surface area contributed by atoms with Gasteiger partial charge in [-0.3, -0.25) is 14.5 Å². The topological polar surface area (TPSA) is 88.3 Å². The molecule has 0 bridgehead atoms. The van der Waals surface area contributed by atoms with Crippen LogP contribution in [0.3, 0.4) is 0 Å². The number of alkyl halides is 3. The van der Waals surface area contributed by atoms with Crippen LogP contribution in [-0.4, -0.2) is 49.4 Å². The van der Waals surface area contributed by atoms with Crippen LogP contribution >= 0.6 is 0 Å². The number of fused-ring (bicyclic) bond motifs is 1. The van der Waals surface area contributed by atoms with Crippen molar-refractivity contribution >= 4 is 11.9 Å². The molecule has 0 unspecified atom stereocenters. The number of aryl methyl sites for hydroxylation is 2. The lowest BCUT2D eigenvalue weighted by Crippen LogP contribution is -2.31. The summed E-state index contributed by atoms with van der Waals surface area (Å²) in [6, 6.07) is 8.56. The number of aliphatic carboxylic acids is 1. The second-order valence-electron chi connectivity index (χ2n) is 7.74. The molecule has 0 aliphatic carbocycles. The van der Waals surface area contributed by atoms with Gasteiger partial charge >= 0.3 is 12.1 Å². The van der Waals surface area contributed by atoms with Gasteiger partial charge in [0.15, 0.2) is 0 Å². The van der Waals surface area contributed by atoms with Crippen LogP contribution in [0.15, 0.2) is 42.7 Å². The molecule has 34 heavy (non-hydrogen) atoms. The van der Waals surface area contributed by atoms with Gasteiger partial charge in [0.25, 0.3) is 5.91 Å². The fourth-order valence-corrected chi connectivity index (χ4v) is 3.59. The van der Waals surface area contributed by atoms with Gasteiger partial charge in [-0.15, -0.1) is 0 Å². The molecule has 180 valence electrons. The van der Waals surface area contributed by atoms with E-state index < -0.39 is 12.1 Å². The molecule has 11 heteroatoms. The quantitative estimate of drug-likeness (QED) is 0.559. The summed E-state index contributed by atoms with van der Waals surface area (Å²) in [6.07, 6.45) is 0.156. The predicted octanol–water partition coefficient (Wildman–Crippen LogP) is 4.15. The predicted molar refractivity (Wildman–Crippen MR) is 114 cm³/mol. The van der Waals surface area contributed by atoms with Crippen LogP contribution in [0.1, 0.15) is 33.6 Å². The van der Waals surface area contributed by atoms with Crippen molar-refractivity contribution < 1.29 is 32.3 Å². The van der Waals surface area contributed by atoms with Gasteiger partial charge in [-0.1, -0.05) is 6.07 Å². The van der Waals surface area contributed by atoms with Gasteiger partial charge in [-0.2, -0.15) is 18.3 Å². The number of carboxylic acids is 1. The van der Waals surface area contributed by atoms with Gasteiger partial charge in [0.2, 0.25) is 0 Å². The van der Waals surface area contributed by atoms with Crippen molar-refractivity contribution in [3.8, 4) is 11.3 Å². The summed E-state index contributed by atoms with van der Waals surface area (Å²) in [6.45, 7) is 2.79. The van der Waals surface area contributed by atoms with Gasteiger partial charge < -0.3 is 10.0 Å². The van der Waals surface area contributed by atoms with Gasteiger partial charge in [0.1, 0.15) is 5.82 Å². The Bertz CT molecular complexity index is 1190. The zero-order valence-corrected chi connectivity index (χ0v) is 18.4. The molecule has 4 rings (SSSR count). The van der Waals surface area contributed by atoms with Gasteiger partial charge in [0, 0.05) is 42.7 Å². The number of carboxylic acid groups (broad SMARTS) is 1. The van der Waals surface area contributed by atoms with Crippen molar-refractivity contribution in [3.05, 3.63) is 70.9 Å². The zero-order valence-electron chi connectivity index (χ0n) is 18.4. The summed E-state index contributed by atoms with van der Waals surface area (Å²) < 4.78 is 47.5. The molecule has 0 saturated carbocycles. The third-order valence-electron chi connectivity index (χ3n) is 5.35. The first kappa shape index (κ1) is 24.9. The lowest BCUT2D eigenvalue weighted by Gasteiger charge is -2.21. The normalized spacial score (nSPS) is 13.4. The Balaban J connectivity index is 0.000000406.